The molecule has 0 amide bonds. The fraction of sp³-hybridized carbons (Fsp3) is 0.667. The topological polar surface area (TPSA) is 43.4 Å². The zero-order valence-corrected chi connectivity index (χ0v) is 6.65. The fourth-order valence-electron chi connectivity index (χ4n) is 0.433. The molecule has 0 atom stereocenters. The van der Waals surface area contributed by atoms with E-state index in [1.54, 1.807) is 6.92 Å². The van der Waals surface area contributed by atoms with Crippen LogP contribution in [-0.2, 0) is 14.3 Å². The summed E-state index contributed by atoms with van der Waals surface area (Å²) in [5.74, 6) is 2.12. The van der Waals surface area contributed by atoms with E-state index < -0.39 is 10.1 Å². The number of hydrogen-bond donors (Lipinski definition) is 0. The predicted octanol–water partition coefficient (Wildman–Crippen LogP) is -0.272. The van der Waals surface area contributed by atoms with Crippen LogP contribution in [0.5, 0.6) is 0 Å². The van der Waals surface area contributed by atoms with E-state index in [0.717, 1.165) is 0 Å². The van der Waals surface area contributed by atoms with Crippen molar-refractivity contribution < 1.29 is 12.6 Å². The van der Waals surface area contributed by atoms with Gasteiger partial charge in [0, 0.05) is 0 Å². The molecule has 0 aromatic carbocycles. The van der Waals surface area contributed by atoms with Crippen molar-refractivity contribution in [2.75, 3.05) is 12.4 Å². The number of hydrogen-bond acceptors (Lipinski definition) is 3. The fourth-order valence-corrected chi connectivity index (χ4v) is 1.30. The van der Waals surface area contributed by atoms with E-state index in [2.05, 4.69) is 10.1 Å². The minimum atomic E-state index is -3.34. The zero-order chi connectivity index (χ0) is 8.04. The second kappa shape index (κ2) is 7.14. The molecule has 0 radical (unpaired) electrons. The minimum absolute atomic E-state index is 0. The monoisotopic (exact) mass is 186 g/mol. The Balaban J connectivity index is 0. The summed E-state index contributed by atoms with van der Waals surface area (Å²) in [6.07, 6.45) is 5.34. The Morgan fingerprint density at radius 2 is 2.09 bits per heavy atom. The molecular weight excluding hydrogens is 175 g/mol. The van der Waals surface area contributed by atoms with Crippen molar-refractivity contribution in [1.29, 1.82) is 0 Å². The Morgan fingerprint density at radius 1 is 1.55 bits per heavy atom. The van der Waals surface area contributed by atoms with Gasteiger partial charge in [-0.15, -0.1) is 6.42 Å². The Bertz CT molecular complexity index is 214. The molecule has 0 spiro atoms. The first kappa shape index (κ1) is 14.0. The Kier molecular flexibility index (Phi) is 9.10. The summed E-state index contributed by atoms with van der Waals surface area (Å²) < 4.78 is 25.7. The van der Waals surface area contributed by atoms with E-state index >= 15 is 0 Å². The molecular formula is C6H11NaO3S. The van der Waals surface area contributed by atoms with Gasteiger partial charge in [0.2, 0.25) is 0 Å². The van der Waals surface area contributed by atoms with Crippen LogP contribution in [0.3, 0.4) is 0 Å². The molecule has 0 saturated heterocycles. The molecule has 0 rings (SSSR count). The van der Waals surface area contributed by atoms with E-state index in [9.17, 15) is 8.42 Å². The van der Waals surface area contributed by atoms with Gasteiger partial charge in [0.25, 0.3) is 10.1 Å². The second-order valence-corrected chi connectivity index (χ2v) is 3.49. The summed E-state index contributed by atoms with van der Waals surface area (Å²) in [4.78, 5) is 0. The van der Waals surface area contributed by atoms with Crippen LogP contribution in [0.15, 0.2) is 0 Å². The summed E-state index contributed by atoms with van der Waals surface area (Å²) in [6, 6.07) is 0. The summed E-state index contributed by atoms with van der Waals surface area (Å²) in [5, 5.41) is 0. The van der Waals surface area contributed by atoms with Gasteiger partial charge in [-0.25, -0.2) is 0 Å². The number of terminal acetylenes is 1. The van der Waals surface area contributed by atoms with Crippen LogP contribution in [-0.4, -0.2) is 50.3 Å². The first-order chi connectivity index (χ1) is 4.62. The Hall–Kier alpha value is 0.470. The van der Waals surface area contributed by atoms with Crippen LogP contribution in [0.2, 0.25) is 0 Å². The third kappa shape index (κ3) is 8.38. The Labute approximate surface area is 89.9 Å². The van der Waals surface area contributed by atoms with Gasteiger partial charge in [0.15, 0.2) is 0 Å². The van der Waals surface area contributed by atoms with Crippen LogP contribution in [0.25, 0.3) is 0 Å². The zero-order valence-electron chi connectivity index (χ0n) is 5.83. The molecule has 0 aliphatic rings. The van der Waals surface area contributed by atoms with Crippen LogP contribution >= 0.6 is 0 Å². The summed E-state index contributed by atoms with van der Waals surface area (Å²) in [5.41, 5.74) is 0. The van der Waals surface area contributed by atoms with E-state index in [-0.39, 0.29) is 41.9 Å². The van der Waals surface area contributed by atoms with Gasteiger partial charge >= 0.3 is 29.6 Å². The maximum absolute atomic E-state index is 10.7. The van der Waals surface area contributed by atoms with E-state index in [4.69, 9.17) is 6.42 Å². The molecule has 0 saturated carbocycles. The van der Waals surface area contributed by atoms with E-state index in [1.807, 2.05) is 0 Å². The van der Waals surface area contributed by atoms with Gasteiger partial charge in [0.1, 0.15) is 6.61 Å². The average molecular weight is 186 g/mol. The second-order valence-electron chi connectivity index (χ2n) is 1.73. The molecule has 60 valence electrons. The summed E-state index contributed by atoms with van der Waals surface area (Å²) in [7, 11) is -3.34. The van der Waals surface area contributed by atoms with Crippen molar-refractivity contribution in [2.24, 2.45) is 0 Å². The summed E-state index contributed by atoms with van der Waals surface area (Å²) >= 11 is 0. The molecule has 3 nitrogen and oxygen atoms in total. The van der Waals surface area contributed by atoms with Crippen LogP contribution in [0.1, 0.15) is 13.3 Å². The molecule has 0 fully saturated rings. The standard InChI is InChI=1S/C6H10O3S.Na.H/c1-3-5-9-10(7,8)6-4-2;;/h1H,4-6H2,2H3;;. The quantitative estimate of drug-likeness (QED) is 0.345. The van der Waals surface area contributed by atoms with Crippen molar-refractivity contribution in [3.05, 3.63) is 0 Å². The molecule has 5 heteroatoms. The molecule has 0 aliphatic carbocycles. The summed E-state index contributed by atoms with van der Waals surface area (Å²) in [6.45, 7) is 1.60. The normalized spacial score (nSPS) is 9.82. The van der Waals surface area contributed by atoms with Gasteiger partial charge < -0.3 is 0 Å². The molecule has 0 N–H and O–H groups in total. The van der Waals surface area contributed by atoms with Gasteiger partial charge in [-0.2, -0.15) is 8.42 Å². The molecule has 0 heterocycles. The molecule has 0 aromatic heterocycles. The van der Waals surface area contributed by atoms with Crippen molar-refractivity contribution in [1.82, 2.24) is 0 Å². The van der Waals surface area contributed by atoms with Gasteiger partial charge in [0.05, 0.1) is 5.75 Å². The molecule has 0 unspecified atom stereocenters. The number of rotatable bonds is 4. The van der Waals surface area contributed by atoms with E-state index in [0.29, 0.717) is 6.42 Å². The van der Waals surface area contributed by atoms with Gasteiger partial charge in [-0.1, -0.05) is 12.8 Å². The van der Waals surface area contributed by atoms with Crippen molar-refractivity contribution in [2.45, 2.75) is 13.3 Å². The Morgan fingerprint density at radius 3 is 2.45 bits per heavy atom. The third-order valence-corrected chi connectivity index (χ3v) is 2.16. The van der Waals surface area contributed by atoms with Crippen LogP contribution in [0, 0.1) is 12.3 Å². The SMILES string of the molecule is C#CCOS(=O)(=O)CCC.[NaH]. The molecule has 11 heavy (non-hydrogen) atoms. The van der Waals surface area contributed by atoms with Crippen LogP contribution in [0.4, 0.5) is 0 Å². The first-order valence-corrected chi connectivity index (χ1v) is 4.50. The molecule has 0 bridgehead atoms. The van der Waals surface area contributed by atoms with Gasteiger partial charge in [-0.05, 0) is 6.42 Å². The molecule has 0 aliphatic heterocycles. The van der Waals surface area contributed by atoms with Crippen molar-refractivity contribution in [3.8, 4) is 12.3 Å². The predicted molar refractivity (Wildman–Crippen MR) is 46.0 cm³/mol. The average Bonchev–Trinajstić information content (AvgIpc) is 1.84. The third-order valence-electron chi connectivity index (χ3n) is 0.776. The van der Waals surface area contributed by atoms with Gasteiger partial charge in [-0.3, -0.25) is 4.18 Å². The van der Waals surface area contributed by atoms with E-state index in [1.165, 1.54) is 0 Å². The first-order valence-electron chi connectivity index (χ1n) is 2.93. The van der Waals surface area contributed by atoms with Crippen LogP contribution < -0.4 is 0 Å². The van der Waals surface area contributed by atoms with Crippen molar-refractivity contribution in [3.63, 3.8) is 0 Å². The van der Waals surface area contributed by atoms with Crippen molar-refractivity contribution >= 4 is 39.7 Å². The maximum atomic E-state index is 10.7. The molecule has 0 aromatic rings.